The number of hydrogen-bond donors (Lipinski definition) is 1. The van der Waals surface area contributed by atoms with E-state index in [2.05, 4.69) is 5.32 Å². The van der Waals surface area contributed by atoms with Crippen molar-refractivity contribution in [3.8, 4) is 5.75 Å². The minimum Gasteiger partial charge on any atom is -0.481 e. The van der Waals surface area contributed by atoms with Crippen LogP contribution in [0.3, 0.4) is 0 Å². The number of hydrogen-bond acceptors (Lipinski definition) is 4. The standard InChI is InChI=1S/C22H21NO4/c1-15-7-5-8-16(2)22(15)27-14-21(25)26-13-20(24)23-19-12-6-10-17-9-3-4-11-18(17)19/h3-12H,13-14H2,1-2H3,(H,23,24). The second-order valence-corrected chi connectivity index (χ2v) is 6.25. The average molecular weight is 363 g/mol. The molecule has 5 heteroatoms. The lowest BCUT2D eigenvalue weighted by atomic mass is 10.1. The number of ether oxygens (including phenoxy) is 2. The third kappa shape index (κ3) is 4.64. The first-order valence-electron chi connectivity index (χ1n) is 8.67. The van der Waals surface area contributed by atoms with Gasteiger partial charge in [0.1, 0.15) is 5.75 Å². The molecule has 0 bridgehead atoms. The number of carbonyl (C=O) groups excluding carboxylic acids is 2. The summed E-state index contributed by atoms with van der Waals surface area (Å²) in [6.45, 7) is 3.21. The van der Waals surface area contributed by atoms with Crippen LogP contribution < -0.4 is 10.1 Å². The van der Waals surface area contributed by atoms with E-state index in [0.717, 1.165) is 21.9 Å². The molecule has 0 atom stereocenters. The third-order valence-corrected chi connectivity index (χ3v) is 4.17. The first-order valence-corrected chi connectivity index (χ1v) is 8.67. The van der Waals surface area contributed by atoms with Crippen LogP contribution in [0.1, 0.15) is 11.1 Å². The number of para-hydroxylation sites is 1. The smallest absolute Gasteiger partial charge is 0.344 e. The largest absolute Gasteiger partial charge is 0.481 e. The highest BCUT2D eigenvalue weighted by Gasteiger charge is 2.11. The van der Waals surface area contributed by atoms with Gasteiger partial charge in [0.2, 0.25) is 0 Å². The van der Waals surface area contributed by atoms with Crippen LogP contribution in [-0.4, -0.2) is 25.1 Å². The maximum atomic E-state index is 12.1. The summed E-state index contributed by atoms with van der Waals surface area (Å²) in [5.74, 6) is -0.327. The molecule has 0 aromatic heterocycles. The lowest BCUT2D eigenvalue weighted by Gasteiger charge is -2.12. The van der Waals surface area contributed by atoms with Gasteiger partial charge in [0.05, 0.1) is 0 Å². The molecule has 138 valence electrons. The van der Waals surface area contributed by atoms with Gasteiger partial charge in [-0.3, -0.25) is 4.79 Å². The molecule has 0 aliphatic heterocycles. The summed E-state index contributed by atoms with van der Waals surface area (Å²) >= 11 is 0. The molecule has 0 fully saturated rings. The fourth-order valence-electron chi connectivity index (χ4n) is 2.87. The minimum atomic E-state index is -0.592. The average Bonchev–Trinajstić information content (AvgIpc) is 2.66. The van der Waals surface area contributed by atoms with Gasteiger partial charge in [-0.05, 0) is 36.4 Å². The monoisotopic (exact) mass is 363 g/mol. The van der Waals surface area contributed by atoms with Crippen molar-refractivity contribution in [3.05, 3.63) is 71.8 Å². The highest BCUT2D eigenvalue weighted by Crippen LogP contribution is 2.23. The maximum absolute atomic E-state index is 12.1. The zero-order valence-corrected chi connectivity index (χ0v) is 15.3. The van der Waals surface area contributed by atoms with Crippen molar-refractivity contribution in [3.63, 3.8) is 0 Å². The zero-order valence-electron chi connectivity index (χ0n) is 15.3. The van der Waals surface area contributed by atoms with Gasteiger partial charge in [0.15, 0.2) is 13.2 Å². The Hall–Kier alpha value is -3.34. The van der Waals surface area contributed by atoms with E-state index in [0.29, 0.717) is 11.4 Å². The van der Waals surface area contributed by atoms with Crippen LogP contribution in [0.15, 0.2) is 60.7 Å². The van der Waals surface area contributed by atoms with Crippen LogP contribution in [0.25, 0.3) is 10.8 Å². The number of amides is 1. The fourth-order valence-corrected chi connectivity index (χ4v) is 2.87. The van der Waals surface area contributed by atoms with Gasteiger partial charge in [-0.1, -0.05) is 54.6 Å². The van der Waals surface area contributed by atoms with Crippen molar-refractivity contribution < 1.29 is 19.1 Å². The van der Waals surface area contributed by atoms with Crippen molar-refractivity contribution in [1.82, 2.24) is 0 Å². The van der Waals surface area contributed by atoms with E-state index in [9.17, 15) is 9.59 Å². The summed E-state index contributed by atoms with van der Waals surface area (Å²) in [7, 11) is 0. The Morgan fingerprint density at radius 1 is 0.852 bits per heavy atom. The van der Waals surface area contributed by atoms with Crippen molar-refractivity contribution in [2.75, 3.05) is 18.5 Å². The summed E-state index contributed by atoms with van der Waals surface area (Å²) in [6, 6.07) is 19.1. The number of carbonyl (C=O) groups is 2. The number of fused-ring (bicyclic) bond motifs is 1. The van der Waals surface area contributed by atoms with Gasteiger partial charge in [0, 0.05) is 11.1 Å². The SMILES string of the molecule is Cc1cccc(C)c1OCC(=O)OCC(=O)Nc1cccc2ccccc12. The number of benzene rings is 3. The zero-order chi connectivity index (χ0) is 19.2. The van der Waals surface area contributed by atoms with E-state index in [-0.39, 0.29) is 13.2 Å². The first-order chi connectivity index (χ1) is 13.0. The van der Waals surface area contributed by atoms with Gasteiger partial charge < -0.3 is 14.8 Å². The molecule has 0 aliphatic rings. The molecule has 3 rings (SSSR count). The second-order valence-electron chi connectivity index (χ2n) is 6.25. The lowest BCUT2D eigenvalue weighted by molar-refractivity contribution is -0.149. The quantitative estimate of drug-likeness (QED) is 0.672. The van der Waals surface area contributed by atoms with Crippen molar-refractivity contribution in [2.45, 2.75) is 13.8 Å². The summed E-state index contributed by atoms with van der Waals surface area (Å²) in [4.78, 5) is 24.0. The van der Waals surface area contributed by atoms with Crippen LogP contribution >= 0.6 is 0 Å². The van der Waals surface area contributed by atoms with Crippen molar-refractivity contribution in [1.29, 1.82) is 0 Å². The molecule has 0 saturated carbocycles. The summed E-state index contributed by atoms with van der Waals surface area (Å²) in [5.41, 5.74) is 2.56. The Bertz CT molecular complexity index is 955. The summed E-state index contributed by atoms with van der Waals surface area (Å²) < 4.78 is 10.5. The molecular formula is C22H21NO4. The number of esters is 1. The van der Waals surface area contributed by atoms with E-state index in [1.165, 1.54) is 0 Å². The third-order valence-electron chi connectivity index (χ3n) is 4.17. The molecule has 0 spiro atoms. The Labute approximate surface area is 157 Å². The Kier molecular flexibility index (Phi) is 5.71. The maximum Gasteiger partial charge on any atom is 0.344 e. The molecule has 5 nitrogen and oxygen atoms in total. The van der Waals surface area contributed by atoms with Crippen molar-refractivity contribution >= 4 is 28.3 Å². The van der Waals surface area contributed by atoms with Gasteiger partial charge in [-0.15, -0.1) is 0 Å². The van der Waals surface area contributed by atoms with Gasteiger partial charge in [-0.2, -0.15) is 0 Å². The Morgan fingerprint density at radius 3 is 2.30 bits per heavy atom. The van der Waals surface area contributed by atoms with Crippen molar-refractivity contribution in [2.24, 2.45) is 0 Å². The topological polar surface area (TPSA) is 64.6 Å². The molecular weight excluding hydrogens is 342 g/mol. The van der Waals surface area contributed by atoms with Gasteiger partial charge in [-0.25, -0.2) is 4.79 Å². The predicted molar refractivity (Wildman–Crippen MR) is 105 cm³/mol. The summed E-state index contributed by atoms with van der Waals surface area (Å²) in [5, 5.41) is 4.73. The molecule has 0 radical (unpaired) electrons. The molecule has 3 aromatic rings. The van der Waals surface area contributed by atoms with Gasteiger partial charge >= 0.3 is 5.97 Å². The molecule has 0 aliphatic carbocycles. The van der Waals surface area contributed by atoms with E-state index < -0.39 is 11.9 Å². The van der Waals surface area contributed by atoms with Crippen LogP contribution in [0.5, 0.6) is 5.75 Å². The predicted octanol–water partition coefficient (Wildman–Crippen LogP) is 4.02. The van der Waals surface area contributed by atoms with Crippen LogP contribution in [0, 0.1) is 13.8 Å². The van der Waals surface area contributed by atoms with E-state index in [1.807, 2.05) is 74.5 Å². The molecule has 0 unspecified atom stereocenters. The molecule has 3 aromatic carbocycles. The first kappa shape index (κ1) is 18.5. The highest BCUT2D eigenvalue weighted by atomic mass is 16.6. The normalized spacial score (nSPS) is 10.4. The number of anilines is 1. The van der Waals surface area contributed by atoms with E-state index in [4.69, 9.17) is 9.47 Å². The lowest BCUT2D eigenvalue weighted by Crippen LogP contribution is -2.24. The second kappa shape index (κ2) is 8.36. The van der Waals surface area contributed by atoms with Gasteiger partial charge in [0.25, 0.3) is 5.91 Å². The Balaban J connectivity index is 1.52. The number of aryl methyl sites for hydroxylation is 2. The Morgan fingerprint density at radius 2 is 1.52 bits per heavy atom. The van der Waals surface area contributed by atoms with E-state index in [1.54, 1.807) is 0 Å². The van der Waals surface area contributed by atoms with E-state index >= 15 is 0 Å². The summed E-state index contributed by atoms with van der Waals surface area (Å²) in [6.07, 6.45) is 0. The van der Waals surface area contributed by atoms with Crippen LogP contribution in [0.4, 0.5) is 5.69 Å². The molecule has 0 heterocycles. The molecule has 0 saturated heterocycles. The fraction of sp³-hybridized carbons (Fsp3) is 0.182. The molecule has 1 N–H and O–H groups in total. The van der Waals surface area contributed by atoms with Crippen LogP contribution in [0.2, 0.25) is 0 Å². The number of nitrogens with one attached hydrogen (secondary N) is 1. The highest BCUT2D eigenvalue weighted by molar-refractivity contribution is 6.02. The number of rotatable bonds is 6. The minimum absolute atomic E-state index is 0.243. The molecule has 27 heavy (non-hydrogen) atoms. The van der Waals surface area contributed by atoms with Crippen LogP contribution in [-0.2, 0) is 14.3 Å². The molecule has 1 amide bonds.